The third-order valence-corrected chi connectivity index (χ3v) is 10.0. The van der Waals surface area contributed by atoms with E-state index in [4.69, 9.17) is 4.42 Å². The Morgan fingerprint density at radius 3 is 1.70 bits per heavy atom. The number of anilines is 3. The molecule has 50 heavy (non-hydrogen) atoms. The van der Waals surface area contributed by atoms with Gasteiger partial charge in [0.25, 0.3) is 0 Å². The van der Waals surface area contributed by atoms with E-state index in [0.717, 1.165) is 39.0 Å². The van der Waals surface area contributed by atoms with Crippen molar-refractivity contribution in [3.05, 3.63) is 188 Å². The highest BCUT2D eigenvalue weighted by Gasteiger charge is 2.17. The van der Waals surface area contributed by atoms with Gasteiger partial charge in [0, 0.05) is 27.8 Å². The van der Waals surface area contributed by atoms with Gasteiger partial charge in [-0.15, -0.1) is 0 Å². The smallest absolute Gasteiger partial charge is 0.135 e. The van der Waals surface area contributed by atoms with Crippen molar-refractivity contribution < 1.29 is 4.42 Å². The summed E-state index contributed by atoms with van der Waals surface area (Å²) in [7, 11) is 0. The van der Waals surface area contributed by atoms with Crippen molar-refractivity contribution in [3.8, 4) is 22.3 Å². The van der Waals surface area contributed by atoms with Gasteiger partial charge in [-0.1, -0.05) is 133 Å². The van der Waals surface area contributed by atoms with E-state index in [9.17, 15) is 0 Å². The molecular weight excluding hydrogens is 607 g/mol. The summed E-state index contributed by atoms with van der Waals surface area (Å²) < 4.78 is 6.19. The van der Waals surface area contributed by atoms with Gasteiger partial charge in [0.15, 0.2) is 0 Å². The summed E-state index contributed by atoms with van der Waals surface area (Å²) in [4.78, 5) is 2.34. The van der Waals surface area contributed by atoms with Crippen LogP contribution in [0.15, 0.2) is 192 Å². The van der Waals surface area contributed by atoms with Gasteiger partial charge in [0.05, 0.1) is 0 Å². The van der Waals surface area contributed by atoms with Crippen molar-refractivity contribution in [1.29, 1.82) is 0 Å². The van der Waals surface area contributed by atoms with Gasteiger partial charge in [-0.3, -0.25) is 0 Å². The van der Waals surface area contributed by atoms with Gasteiger partial charge in [0.2, 0.25) is 0 Å². The van der Waals surface area contributed by atoms with Crippen molar-refractivity contribution in [2.24, 2.45) is 0 Å². The largest absolute Gasteiger partial charge is 0.456 e. The summed E-state index contributed by atoms with van der Waals surface area (Å²) in [6.07, 6.45) is 0. The number of furan rings is 1. The van der Waals surface area contributed by atoms with Crippen LogP contribution in [0.5, 0.6) is 0 Å². The summed E-state index contributed by atoms with van der Waals surface area (Å²) in [5, 5.41) is 9.68. The first-order chi connectivity index (χ1) is 24.8. The van der Waals surface area contributed by atoms with E-state index in [2.05, 4.69) is 181 Å². The van der Waals surface area contributed by atoms with E-state index in [0.29, 0.717) is 0 Å². The molecule has 1 heterocycles. The van der Waals surface area contributed by atoms with Gasteiger partial charge in [0.1, 0.15) is 11.2 Å². The van der Waals surface area contributed by atoms with Gasteiger partial charge in [-0.25, -0.2) is 0 Å². The summed E-state index contributed by atoms with van der Waals surface area (Å²) in [5.41, 5.74) is 9.96. The molecule has 10 aromatic rings. The maximum absolute atomic E-state index is 6.19. The van der Waals surface area contributed by atoms with Gasteiger partial charge in [-0.05, 0) is 109 Å². The third-order valence-electron chi connectivity index (χ3n) is 10.0. The lowest BCUT2D eigenvalue weighted by atomic mass is 9.92. The number of fused-ring (bicyclic) bond motifs is 6. The van der Waals surface area contributed by atoms with Gasteiger partial charge >= 0.3 is 0 Å². The Kier molecular flexibility index (Phi) is 6.53. The van der Waals surface area contributed by atoms with Gasteiger partial charge in [-0.2, -0.15) is 0 Å². The summed E-state index contributed by atoms with van der Waals surface area (Å²) in [5.74, 6) is 0. The molecule has 0 atom stereocenters. The van der Waals surface area contributed by atoms with E-state index in [1.807, 2.05) is 12.1 Å². The minimum atomic E-state index is 0.892. The molecule has 0 aliphatic rings. The molecule has 0 unspecified atom stereocenters. The molecule has 0 fully saturated rings. The molecule has 2 heteroatoms. The zero-order valence-electron chi connectivity index (χ0n) is 27.3. The molecule has 0 saturated carbocycles. The van der Waals surface area contributed by atoms with Gasteiger partial charge < -0.3 is 9.32 Å². The topological polar surface area (TPSA) is 16.4 Å². The Balaban J connectivity index is 1.09. The van der Waals surface area contributed by atoms with Crippen LogP contribution >= 0.6 is 0 Å². The Bertz CT molecular complexity index is 2870. The second kappa shape index (κ2) is 11.5. The highest BCUT2D eigenvalue weighted by atomic mass is 16.3. The average molecular weight is 638 g/mol. The number of benzene rings is 9. The molecule has 10 rings (SSSR count). The second-order valence-corrected chi connectivity index (χ2v) is 13.0. The fourth-order valence-corrected chi connectivity index (χ4v) is 7.57. The van der Waals surface area contributed by atoms with Crippen molar-refractivity contribution in [2.75, 3.05) is 4.90 Å². The number of hydrogen-bond donors (Lipinski definition) is 0. The Hall–Kier alpha value is -6.64. The maximum Gasteiger partial charge on any atom is 0.135 e. The number of hydrogen-bond acceptors (Lipinski definition) is 2. The zero-order chi connectivity index (χ0) is 33.0. The molecule has 0 amide bonds. The lowest BCUT2D eigenvalue weighted by molar-refractivity contribution is 0.669. The zero-order valence-corrected chi connectivity index (χ0v) is 27.3. The molecule has 2 nitrogen and oxygen atoms in total. The maximum atomic E-state index is 6.19. The molecule has 0 saturated heterocycles. The first kappa shape index (κ1) is 28.4. The lowest BCUT2D eigenvalue weighted by Gasteiger charge is -2.26. The predicted molar refractivity (Wildman–Crippen MR) is 212 cm³/mol. The Morgan fingerprint density at radius 1 is 0.300 bits per heavy atom. The molecule has 0 bridgehead atoms. The minimum Gasteiger partial charge on any atom is -0.456 e. The van der Waals surface area contributed by atoms with E-state index in [1.54, 1.807) is 0 Å². The number of nitrogens with zero attached hydrogens (tertiary/aromatic N) is 1. The predicted octanol–water partition coefficient (Wildman–Crippen LogP) is 13.8. The van der Waals surface area contributed by atoms with E-state index in [-0.39, 0.29) is 0 Å². The molecule has 1 aromatic heterocycles. The van der Waals surface area contributed by atoms with E-state index >= 15 is 0 Å². The molecule has 0 radical (unpaired) electrons. The van der Waals surface area contributed by atoms with Crippen molar-refractivity contribution in [3.63, 3.8) is 0 Å². The van der Waals surface area contributed by atoms with Crippen LogP contribution in [0.25, 0.3) is 76.5 Å². The van der Waals surface area contributed by atoms with Crippen molar-refractivity contribution in [1.82, 2.24) is 0 Å². The van der Waals surface area contributed by atoms with Crippen LogP contribution < -0.4 is 4.90 Å². The highest BCUT2D eigenvalue weighted by Crippen LogP contribution is 2.41. The standard InChI is InChI=1S/C48H31NO/c1-2-11-36-29-39(26-23-32(36)9-1)49(40-27-28-48-46(31-40)44-15-5-6-18-47(44)50-48)38-24-21-33(22-25-38)37-20-19-35-13-8-17-43(45(35)30-37)42-16-7-12-34-10-3-4-14-41(34)42/h1-31H. The lowest BCUT2D eigenvalue weighted by Crippen LogP contribution is -2.09. The van der Waals surface area contributed by atoms with Crippen LogP contribution in [-0.2, 0) is 0 Å². The summed E-state index contributed by atoms with van der Waals surface area (Å²) in [6.45, 7) is 0. The minimum absolute atomic E-state index is 0.892. The Labute approximate surface area is 290 Å². The monoisotopic (exact) mass is 637 g/mol. The number of para-hydroxylation sites is 1. The van der Waals surface area contributed by atoms with E-state index < -0.39 is 0 Å². The average Bonchev–Trinajstić information content (AvgIpc) is 3.56. The molecule has 0 aliphatic heterocycles. The fraction of sp³-hybridized carbons (Fsp3) is 0. The first-order valence-electron chi connectivity index (χ1n) is 17.1. The SMILES string of the molecule is c1ccc2cc(N(c3ccc(-c4ccc5cccc(-c6cccc7ccccc67)c5c4)cc3)c3ccc4oc5ccccc5c4c3)ccc2c1. The molecule has 234 valence electrons. The molecule has 0 N–H and O–H groups in total. The molecule has 0 spiro atoms. The Morgan fingerprint density at radius 2 is 0.860 bits per heavy atom. The van der Waals surface area contributed by atoms with Crippen LogP contribution in [0.1, 0.15) is 0 Å². The van der Waals surface area contributed by atoms with Crippen molar-refractivity contribution >= 4 is 71.3 Å². The van der Waals surface area contributed by atoms with Crippen LogP contribution in [0.4, 0.5) is 17.1 Å². The molecule has 9 aromatic carbocycles. The highest BCUT2D eigenvalue weighted by molar-refractivity contribution is 6.08. The summed E-state index contributed by atoms with van der Waals surface area (Å²) in [6, 6.07) is 67.7. The molecule has 0 aliphatic carbocycles. The second-order valence-electron chi connectivity index (χ2n) is 13.0. The number of rotatable bonds is 5. The van der Waals surface area contributed by atoms with Crippen LogP contribution in [0.3, 0.4) is 0 Å². The third kappa shape index (κ3) is 4.73. The quantitative estimate of drug-likeness (QED) is 0.187. The van der Waals surface area contributed by atoms with Crippen molar-refractivity contribution in [2.45, 2.75) is 0 Å². The van der Waals surface area contributed by atoms with E-state index in [1.165, 1.54) is 54.6 Å². The first-order valence-corrected chi connectivity index (χ1v) is 17.1. The summed E-state index contributed by atoms with van der Waals surface area (Å²) >= 11 is 0. The fourth-order valence-electron chi connectivity index (χ4n) is 7.57. The van der Waals surface area contributed by atoms with Crippen LogP contribution in [0, 0.1) is 0 Å². The van der Waals surface area contributed by atoms with Crippen LogP contribution in [-0.4, -0.2) is 0 Å². The van der Waals surface area contributed by atoms with Crippen LogP contribution in [0.2, 0.25) is 0 Å². The molecular formula is C48H31NO. The normalized spacial score (nSPS) is 11.6.